The Kier molecular flexibility index (Phi) is 1.87. The van der Waals surface area contributed by atoms with Gasteiger partial charge in [-0.2, -0.15) is 0 Å². The lowest BCUT2D eigenvalue weighted by Gasteiger charge is -2.26. The van der Waals surface area contributed by atoms with Gasteiger partial charge in [0.25, 0.3) is 0 Å². The van der Waals surface area contributed by atoms with Crippen molar-refractivity contribution in [3.63, 3.8) is 0 Å². The van der Waals surface area contributed by atoms with Crippen LogP contribution in [-0.4, -0.2) is 39.0 Å². The molecule has 2 rings (SSSR count). The Morgan fingerprint density at radius 2 is 2.64 bits per heavy atom. The predicted octanol–water partition coefficient (Wildman–Crippen LogP) is 0.0113. The van der Waals surface area contributed by atoms with E-state index in [1.165, 1.54) is 6.42 Å². The highest BCUT2D eigenvalue weighted by molar-refractivity contribution is 5.00. The Bertz CT molecular complexity index is 139. The van der Waals surface area contributed by atoms with Crippen LogP contribution in [0.2, 0.25) is 0 Å². The Balaban J connectivity index is 2.07. The lowest BCUT2D eigenvalue weighted by atomic mass is 9.92. The van der Waals surface area contributed by atoms with Gasteiger partial charge in [-0.1, -0.05) is 0 Å². The zero-order valence-electron chi connectivity index (χ0n) is 6.93. The molecule has 0 radical (unpaired) electrons. The van der Waals surface area contributed by atoms with Crippen LogP contribution >= 0.6 is 0 Å². The van der Waals surface area contributed by atoms with E-state index in [2.05, 4.69) is 5.32 Å². The molecule has 2 aliphatic heterocycles. The molecule has 3 nitrogen and oxygen atoms in total. The first-order valence-corrected chi connectivity index (χ1v) is 4.21. The Morgan fingerprint density at radius 3 is 3.45 bits per heavy atom. The summed E-state index contributed by atoms with van der Waals surface area (Å²) in [6.45, 7) is 3.72. The van der Waals surface area contributed by atoms with Gasteiger partial charge >= 0.3 is 0 Å². The maximum atomic E-state index is 5.72. The highest BCUT2D eigenvalue weighted by atomic mass is 16.5. The van der Waals surface area contributed by atoms with Crippen LogP contribution in [0.25, 0.3) is 0 Å². The van der Waals surface area contributed by atoms with Crippen molar-refractivity contribution in [1.29, 1.82) is 0 Å². The number of rotatable bonds is 2. The van der Waals surface area contributed by atoms with Crippen molar-refractivity contribution in [2.45, 2.75) is 12.0 Å². The van der Waals surface area contributed by atoms with E-state index in [1.807, 2.05) is 0 Å². The van der Waals surface area contributed by atoms with Crippen molar-refractivity contribution in [2.24, 2.45) is 5.92 Å². The number of nitrogens with one attached hydrogen (secondary N) is 1. The smallest absolute Gasteiger partial charge is 0.108 e. The predicted molar refractivity (Wildman–Crippen MR) is 41.5 cm³/mol. The first-order chi connectivity index (χ1) is 5.37. The van der Waals surface area contributed by atoms with Gasteiger partial charge < -0.3 is 14.8 Å². The molecule has 3 heteroatoms. The van der Waals surface area contributed by atoms with Gasteiger partial charge in [0, 0.05) is 32.7 Å². The van der Waals surface area contributed by atoms with Gasteiger partial charge in [0.1, 0.15) is 5.60 Å². The summed E-state index contributed by atoms with van der Waals surface area (Å²) in [5.74, 6) is 0.683. The lowest BCUT2D eigenvalue weighted by molar-refractivity contribution is -0.0523. The van der Waals surface area contributed by atoms with Gasteiger partial charge in [-0.15, -0.1) is 0 Å². The van der Waals surface area contributed by atoms with Gasteiger partial charge in [0.15, 0.2) is 0 Å². The van der Waals surface area contributed by atoms with Crippen molar-refractivity contribution >= 4 is 0 Å². The van der Waals surface area contributed by atoms with Crippen LogP contribution in [0.4, 0.5) is 0 Å². The van der Waals surface area contributed by atoms with Crippen LogP contribution in [0.15, 0.2) is 0 Å². The minimum absolute atomic E-state index is 0.0226. The zero-order chi connectivity index (χ0) is 7.73. The van der Waals surface area contributed by atoms with Crippen LogP contribution in [0.3, 0.4) is 0 Å². The van der Waals surface area contributed by atoms with Crippen LogP contribution in [0, 0.1) is 5.92 Å². The largest absolute Gasteiger partial charge is 0.382 e. The highest BCUT2D eigenvalue weighted by Crippen LogP contribution is 2.34. The van der Waals surface area contributed by atoms with E-state index in [1.54, 1.807) is 7.11 Å². The molecule has 1 N–H and O–H groups in total. The Labute approximate surface area is 67.1 Å². The fourth-order valence-electron chi connectivity index (χ4n) is 2.18. The summed E-state index contributed by atoms with van der Waals surface area (Å²) < 4.78 is 10.9. The summed E-state index contributed by atoms with van der Waals surface area (Å²) in [5.41, 5.74) is 0.0226. The maximum Gasteiger partial charge on any atom is 0.108 e. The van der Waals surface area contributed by atoms with Crippen molar-refractivity contribution in [3.05, 3.63) is 0 Å². The number of hydrogen-bond donors (Lipinski definition) is 1. The summed E-state index contributed by atoms with van der Waals surface area (Å²) in [4.78, 5) is 0. The van der Waals surface area contributed by atoms with E-state index < -0.39 is 0 Å². The molecule has 64 valence electrons. The molecule has 2 saturated heterocycles. The van der Waals surface area contributed by atoms with Gasteiger partial charge in [-0.05, 0) is 6.42 Å². The summed E-state index contributed by atoms with van der Waals surface area (Å²) in [7, 11) is 1.74. The van der Waals surface area contributed by atoms with Crippen molar-refractivity contribution in [3.8, 4) is 0 Å². The molecule has 0 aromatic rings. The van der Waals surface area contributed by atoms with Gasteiger partial charge in [-0.3, -0.25) is 0 Å². The summed E-state index contributed by atoms with van der Waals surface area (Å²) in [6, 6.07) is 0. The normalized spacial score (nSPS) is 42.8. The van der Waals surface area contributed by atoms with Crippen LogP contribution in [0.1, 0.15) is 6.42 Å². The van der Waals surface area contributed by atoms with E-state index in [0.717, 1.165) is 26.3 Å². The molecule has 2 fully saturated rings. The Hall–Kier alpha value is -0.120. The molecule has 0 aliphatic carbocycles. The average molecular weight is 157 g/mol. The first-order valence-electron chi connectivity index (χ1n) is 4.21. The van der Waals surface area contributed by atoms with E-state index in [-0.39, 0.29) is 5.60 Å². The molecule has 2 atom stereocenters. The molecular formula is C8H15NO2. The first kappa shape index (κ1) is 7.53. The number of ether oxygens (including phenoxy) is 2. The second kappa shape index (κ2) is 2.73. The van der Waals surface area contributed by atoms with E-state index in [9.17, 15) is 0 Å². The third-order valence-corrected chi connectivity index (χ3v) is 2.80. The van der Waals surface area contributed by atoms with Gasteiger partial charge in [-0.25, -0.2) is 0 Å². The lowest BCUT2D eigenvalue weighted by Crippen LogP contribution is -2.40. The molecule has 0 unspecified atom stereocenters. The summed E-state index contributed by atoms with van der Waals surface area (Å²) >= 11 is 0. The summed E-state index contributed by atoms with van der Waals surface area (Å²) in [5, 5.41) is 3.34. The number of hydrogen-bond acceptors (Lipinski definition) is 3. The van der Waals surface area contributed by atoms with Gasteiger partial charge in [0.2, 0.25) is 0 Å². The molecule has 0 spiro atoms. The van der Waals surface area contributed by atoms with E-state index >= 15 is 0 Å². The fraction of sp³-hybridized carbons (Fsp3) is 1.00. The van der Waals surface area contributed by atoms with Crippen molar-refractivity contribution in [2.75, 3.05) is 33.4 Å². The zero-order valence-corrected chi connectivity index (χ0v) is 6.93. The van der Waals surface area contributed by atoms with Crippen molar-refractivity contribution < 1.29 is 9.47 Å². The van der Waals surface area contributed by atoms with Crippen LogP contribution in [0.5, 0.6) is 0 Å². The second-order valence-electron chi connectivity index (χ2n) is 3.46. The summed E-state index contributed by atoms with van der Waals surface area (Å²) in [6.07, 6.45) is 1.19. The Morgan fingerprint density at radius 1 is 1.73 bits per heavy atom. The fourth-order valence-corrected chi connectivity index (χ4v) is 2.18. The van der Waals surface area contributed by atoms with Gasteiger partial charge in [0.05, 0.1) is 6.61 Å². The average Bonchev–Trinajstić information content (AvgIpc) is 2.45. The third kappa shape index (κ3) is 1.08. The number of fused-ring (bicyclic) bond motifs is 1. The quantitative estimate of drug-likeness (QED) is 0.612. The topological polar surface area (TPSA) is 30.5 Å². The van der Waals surface area contributed by atoms with Crippen LogP contribution in [-0.2, 0) is 9.47 Å². The highest BCUT2D eigenvalue weighted by Gasteiger charge is 2.47. The van der Waals surface area contributed by atoms with Crippen molar-refractivity contribution in [1.82, 2.24) is 5.32 Å². The molecule has 0 amide bonds. The minimum Gasteiger partial charge on any atom is -0.382 e. The second-order valence-corrected chi connectivity index (χ2v) is 3.46. The SMILES string of the molecule is COC[C@]12CNC[C@H]1CCO2. The molecule has 0 aromatic carbocycles. The molecule has 2 aliphatic rings. The maximum absolute atomic E-state index is 5.72. The molecule has 0 aromatic heterocycles. The van der Waals surface area contributed by atoms with E-state index in [4.69, 9.17) is 9.47 Å². The van der Waals surface area contributed by atoms with E-state index in [0.29, 0.717) is 5.92 Å². The molecule has 0 saturated carbocycles. The van der Waals surface area contributed by atoms with Crippen LogP contribution < -0.4 is 5.32 Å². The molecule has 11 heavy (non-hydrogen) atoms. The number of methoxy groups -OCH3 is 1. The molecule has 2 heterocycles. The standard InChI is InChI=1S/C8H15NO2/c1-10-6-8-5-9-4-7(8)2-3-11-8/h7,9H,2-6H2,1H3/t7-,8-/m1/s1. The molecular weight excluding hydrogens is 142 g/mol. The minimum atomic E-state index is 0.0226. The monoisotopic (exact) mass is 157 g/mol. The third-order valence-electron chi connectivity index (χ3n) is 2.80. The molecule has 0 bridgehead atoms.